The number of hydrogen-bond donors (Lipinski definition) is 1. The Morgan fingerprint density at radius 2 is 2.21 bits per heavy atom. The molecule has 24 heavy (non-hydrogen) atoms. The molecule has 0 radical (unpaired) electrons. The molecular weight excluding hydrogens is 344 g/mol. The van der Waals surface area contributed by atoms with E-state index in [2.05, 4.69) is 20.2 Å². The third kappa shape index (κ3) is 2.05. The van der Waals surface area contributed by atoms with Gasteiger partial charge in [-0.15, -0.1) is 21.5 Å². The molecule has 0 saturated heterocycles. The molecule has 2 N–H and O–H groups in total. The lowest BCUT2D eigenvalue weighted by Crippen LogP contribution is -2.11. The second kappa shape index (κ2) is 5.32. The van der Waals surface area contributed by atoms with Crippen molar-refractivity contribution in [2.45, 2.75) is 29.4 Å². The Labute approximate surface area is 144 Å². The van der Waals surface area contributed by atoms with Crippen LogP contribution < -0.4 is 5.84 Å². The number of rotatable bonds is 3. The highest BCUT2D eigenvalue weighted by Crippen LogP contribution is 2.41. The lowest BCUT2D eigenvalue weighted by molar-refractivity contribution is 0.574. The number of hydrogen-bond acceptors (Lipinski definition) is 8. The van der Waals surface area contributed by atoms with Crippen LogP contribution in [0.1, 0.15) is 16.9 Å². The molecule has 0 aromatic carbocycles. The van der Waals surface area contributed by atoms with E-state index in [9.17, 15) is 0 Å². The zero-order chi connectivity index (χ0) is 16.1. The molecule has 0 aliphatic heterocycles. The fourth-order valence-electron chi connectivity index (χ4n) is 2.98. The highest BCUT2D eigenvalue weighted by atomic mass is 32.2. The fourth-order valence-corrected chi connectivity index (χ4v) is 5.14. The number of nitrogens with two attached hydrogens (primary N) is 1. The van der Waals surface area contributed by atoms with Crippen molar-refractivity contribution in [2.24, 2.45) is 0 Å². The molecule has 0 fully saturated rings. The topological polar surface area (TPSA) is 95.7 Å². The number of nitrogens with zero attached hydrogens (tertiary/aromatic N) is 5. The lowest BCUT2D eigenvalue weighted by Gasteiger charge is -2.04. The van der Waals surface area contributed by atoms with Crippen molar-refractivity contribution in [1.29, 1.82) is 0 Å². The molecule has 1 aliphatic carbocycles. The van der Waals surface area contributed by atoms with E-state index in [4.69, 9.17) is 10.3 Å². The second-order valence-electron chi connectivity index (χ2n) is 5.47. The smallest absolute Gasteiger partial charge is 0.218 e. The summed E-state index contributed by atoms with van der Waals surface area (Å²) in [7, 11) is 0. The lowest BCUT2D eigenvalue weighted by atomic mass is 10.2. The molecule has 0 amide bonds. The molecule has 1 aliphatic rings. The van der Waals surface area contributed by atoms with E-state index in [0.717, 1.165) is 28.1 Å². The van der Waals surface area contributed by atoms with Crippen LogP contribution >= 0.6 is 23.1 Å². The van der Waals surface area contributed by atoms with Crippen LogP contribution in [0.4, 0.5) is 0 Å². The van der Waals surface area contributed by atoms with Gasteiger partial charge in [0, 0.05) is 10.3 Å². The minimum atomic E-state index is 0.489. The van der Waals surface area contributed by atoms with Gasteiger partial charge in [0.1, 0.15) is 16.2 Å². The van der Waals surface area contributed by atoms with Crippen molar-refractivity contribution in [3.8, 4) is 11.6 Å². The zero-order valence-electron chi connectivity index (χ0n) is 12.5. The van der Waals surface area contributed by atoms with Gasteiger partial charge in [-0.05, 0) is 48.7 Å². The molecule has 0 bridgehead atoms. The molecule has 0 saturated carbocycles. The first-order chi connectivity index (χ1) is 11.8. The zero-order valence-corrected chi connectivity index (χ0v) is 14.1. The Morgan fingerprint density at radius 1 is 1.25 bits per heavy atom. The summed E-state index contributed by atoms with van der Waals surface area (Å²) in [5, 5.41) is 10.9. The van der Waals surface area contributed by atoms with E-state index in [1.807, 2.05) is 0 Å². The van der Waals surface area contributed by atoms with Crippen LogP contribution in [-0.4, -0.2) is 24.8 Å². The Balaban J connectivity index is 1.58. The van der Waals surface area contributed by atoms with Gasteiger partial charge in [-0.1, -0.05) is 0 Å². The summed E-state index contributed by atoms with van der Waals surface area (Å²) in [6.07, 6.45) is 6.60. The molecule has 4 heterocycles. The summed E-state index contributed by atoms with van der Waals surface area (Å²) >= 11 is 3.18. The van der Waals surface area contributed by atoms with Crippen LogP contribution in [0.25, 0.3) is 21.8 Å². The Bertz CT molecular complexity index is 1040. The van der Waals surface area contributed by atoms with Gasteiger partial charge in [-0.2, -0.15) is 0 Å². The second-order valence-corrected chi connectivity index (χ2v) is 7.51. The van der Waals surface area contributed by atoms with Gasteiger partial charge in [0.25, 0.3) is 0 Å². The number of thiophene rings is 1. The van der Waals surface area contributed by atoms with Crippen molar-refractivity contribution >= 4 is 33.3 Å². The maximum Gasteiger partial charge on any atom is 0.218 e. The van der Waals surface area contributed by atoms with E-state index in [-0.39, 0.29) is 0 Å². The van der Waals surface area contributed by atoms with E-state index < -0.39 is 0 Å². The van der Waals surface area contributed by atoms with Crippen LogP contribution in [0.3, 0.4) is 0 Å². The third-order valence-corrected chi connectivity index (χ3v) is 6.22. The van der Waals surface area contributed by atoms with Crippen LogP contribution in [0.5, 0.6) is 0 Å². The van der Waals surface area contributed by atoms with Crippen LogP contribution in [0.15, 0.2) is 39.3 Å². The molecule has 5 rings (SSSR count). The van der Waals surface area contributed by atoms with Gasteiger partial charge in [0.2, 0.25) is 11.0 Å². The standard InChI is InChI=1S/C15H12N6OS2/c16-21-12(9-4-2-6-22-9)19-20-15(21)24-14-11-8-3-1-5-10(8)23-13(11)17-7-18-14/h2,4,6-7H,1,3,5,16H2. The van der Waals surface area contributed by atoms with E-state index >= 15 is 0 Å². The molecule has 9 heteroatoms. The largest absolute Gasteiger partial charge is 0.461 e. The molecular formula is C15H12N6OS2. The SMILES string of the molecule is Nn1c(Sc2ncnc3sc4c(c23)CCC4)nnc1-c1ccco1. The highest BCUT2D eigenvalue weighted by Gasteiger charge is 2.23. The van der Waals surface area contributed by atoms with Gasteiger partial charge in [-0.3, -0.25) is 0 Å². The molecule has 7 nitrogen and oxygen atoms in total. The molecule has 0 atom stereocenters. The fraction of sp³-hybridized carbons (Fsp3) is 0.200. The van der Waals surface area contributed by atoms with Crippen molar-refractivity contribution < 1.29 is 4.42 Å². The summed E-state index contributed by atoms with van der Waals surface area (Å²) in [5.41, 5.74) is 1.38. The number of furan rings is 1. The quantitative estimate of drug-likeness (QED) is 0.445. The van der Waals surface area contributed by atoms with E-state index in [0.29, 0.717) is 16.7 Å². The van der Waals surface area contributed by atoms with Crippen molar-refractivity contribution in [3.63, 3.8) is 0 Å². The summed E-state index contributed by atoms with van der Waals surface area (Å²) < 4.78 is 6.78. The third-order valence-electron chi connectivity index (χ3n) is 4.06. The first-order valence-corrected chi connectivity index (χ1v) is 9.12. The highest BCUT2D eigenvalue weighted by molar-refractivity contribution is 7.99. The van der Waals surface area contributed by atoms with Gasteiger partial charge in [0.05, 0.1) is 6.26 Å². The monoisotopic (exact) mass is 356 g/mol. The van der Waals surface area contributed by atoms with Crippen molar-refractivity contribution in [2.75, 3.05) is 5.84 Å². The summed E-state index contributed by atoms with van der Waals surface area (Å²) in [5.74, 6) is 7.22. The Hall–Kier alpha value is -2.39. The predicted octanol–water partition coefficient (Wildman–Crippen LogP) is 2.90. The van der Waals surface area contributed by atoms with Gasteiger partial charge in [0.15, 0.2) is 5.76 Å². The number of aryl methyl sites for hydroxylation is 2. The van der Waals surface area contributed by atoms with E-state index in [1.54, 1.807) is 36.1 Å². The number of nitrogen functional groups attached to an aromatic ring is 1. The van der Waals surface area contributed by atoms with Crippen LogP contribution in [0.2, 0.25) is 0 Å². The Morgan fingerprint density at radius 3 is 3.08 bits per heavy atom. The molecule has 120 valence electrons. The van der Waals surface area contributed by atoms with Crippen molar-refractivity contribution in [3.05, 3.63) is 35.2 Å². The first-order valence-electron chi connectivity index (χ1n) is 7.49. The average molecular weight is 356 g/mol. The summed E-state index contributed by atoms with van der Waals surface area (Å²) in [6.45, 7) is 0. The Kier molecular flexibility index (Phi) is 3.10. The predicted molar refractivity (Wildman–Crippen MR) is 91.4 cm³/mol. The van der Waals surface area contributed by atoms with Crippen LogP contribution in [0, 0.1) is 0 Å². The number of aromatic nitrogens is 5. The van der Waals surface area contributed by atoms with E-state index in [1.165, 1.54) is 33.3 Å². The van der Waals surface area contributed by atoms with Crippen LogP contribution in [-0.2, 0) is 12.8 Å². The average Bonchev–Trinajstić information content (AvgIpc) is 3.32. The molecule has 4 aromatic rings. The minimum Gasteiger partial charge on any atom is -0.461 e. The van der Waals surface area contributed by atoms with Gasteiger partial charge < -0.3 is 10.3 Å². The molecule has 0 unspecified atom stereocenters. The van der Waals surface area contributed by atoms with Crippen molar-refractivity contribution in [1.82, 2.24) is 24.8 Å². The maximum absolute atomic E-state index is 6.14. The minimum absolute atomic E-state index is 0.489. The summed E-state index contributed by atoms with van der Waals surface area (Å²) in [4.78, 5) is 11.3. The molecule has 0 spiro atoms. The van der Waals surface area contributed by atoms with Gasteiger partial charge >= 0.3 is 0 Å². The number of fused-ring (bicyclic) bond motifs is 3. The summed E-state index contributed by atoms with van der Waals surface area (Å²) in [6, 6.07) is 3.59. The maximum atomic E-state index is 6.14. The molecule has 4 aromatic heterocycles. The van der Waals surface area contributed by atoms with Gasteiger partial charge in [-0.25, -0.2) is 14.6 Å². The first kappa shape index (κ1) is 14.0. The normalized spacial score (nSPS) is 13.7.